The van der Waals surface area contributed by atoms with Gasteiger partial charge >= 0.3 is 5.97 Å². The van der Waals surface area contributed by atoms with Crippen molar-refractivity contribution in [2.75, 3.05) is 7.11 Å². The number of carbonyl (C=O) groups excluding carboxylic acids is 2. The molecule has 1 atom stereocenters. The average Bonchev–Trinajstić information content (AvgIpc) is 2.64. The number of esters is 1. The summed E-state index contributed by atoms with van der Waals surface area (Å²) in [5.41, 5.74) is 1.88. The van der Waals surface area contributed by atoms with Crippen LogP contribution in [-0.4, -0.2) is 23.9 Å². The van der Waals surface area contributed by atoms with E-state index in [9.17, 15) is 18.4 Å². The van der Waals surface area contributed by atoms with Crippen LogP contribution in [-0.2, 0) is 20.9 Å². The fourth-order valence-corrected chi connectivity index (χ4v) is 3.40. The number of benzene rings is 2. The molecule has 1 aliphatic rings. The molecule has 2 aromatic rings. The summed E-state index contributed by atoms with van der Waals surface area (Å²) in [6.07, 6.45) is 0.000538. The van der Waals surface area contributed by atoms with Crippen LogP contribution in [0.15, 0.2) is 59.8 Å². The summed E-state index contributed by atoms with van der Waals surface area (Å²) < 4.78 is 32.0. The van der Waals surface area contributed by atoms with Crippen molar-refractivity contribution in [1.29, 1.82) is 0 Å². The van der Waals surface area contributed by atoms with Crippen LogP contribution >= 0.6 is 0 Å². The Morgan fingerprint density at radius 3 is 2.44 bits per heavy atom. The zero-order valence-corrected chi connectivity index (χ0v) is 15.0. The van der Waals surface area contributed by atoms with Gasteiger partial charge in [0.1, 0.15) is 11.6 Å². The van der Waals surface area contributed by atoms with E-state index in [1.165, 1.54) is 36.3 Å². The summed E-state index contributed by atoms with van der Waals surface area (Å²) in [5.74, 6) is -2.23. The number of amides is 1. The summed E-state index contributed by atoms with van der Waals surface area (Å²) in [6, 6.07) is 11.8. The number of hydrogen-bond donors (Lipinski definition) is 0. The molecule has 0 radical (unpaired) electrons. The van der Waals surface area contributed by atoms with Gasteiger partial charge in [0, 0.05) is 18.0 Å². The lowest BCUT2D eigenvalue weighted by molar-refractivity contribution is -0.138. The lowest BCUT2D eigenvalue weighted by atomic mass is 9.83. The second kappa shape index (κ2) is 7.70. The van der Waals surface area contributed by atoms with Crippen molar-refractivity contribution in [3.05, 3.63) is 82.6 Å². The van der Waals surface area contributed by atoms with Gasteiger partial charge in [-0.1, -0.05) is 24.3 Å². The first-order valence-electron chi connectivity index (χ1n) is 8.50. The molecule has 0 aliphatic carbocycles. The van der Waals surface area contributed by atoms with Gasteiger partial charge in [-0.3, -0.25) is 4.79 Å². The highest BCUT2D eigenvalue weighted by atomic mass is 19.1. The highest BCUT2D eigenvalue weighted by Gasteiger charge is 2.36. The van der Waals surface area contributed by atoms with Gasteiger partial charge in [-0.05, 0) is 42.3 Å². The zero-order chi connectivity index (χ0) is 19.6. The van der Waals surface area contributed by atoms with Crippen LogP contribution in [0, 0.1) is 11.6 Å². The van der Waals surface area contributed by atoms with Crippen molar-refractivity contribution in [1.82, 2.24) is 4.90 Å². The number of nitrogens with zero attached hydrogens (tertiary/aromatic N) is 1. The minimum Gasteiger partial charge on any atom is -0.466 e. The molecule has 0 unspecified atom stereocenters. The third kappa shape index (κ3) is 3.89. The van der Waals surface area contributed by atoms with Crippen LogP contribution in [0.4, 0.5) is 8.78 Å². The molecule has 0 bridgehead atoms. The van der Waals surface area contributed by atoms with Gasteiger partial charge in [0.15, 0.2) is 0 Å². The Morgan fingerprint density at radius 1 is 1.15 bits per heavy atom. The van der Waals surface area contributed by atoms with Gasteiger partial charge in [-0.25, -0.2) is 13.6 Å². The molecule has 3 rings (SSSR count). The Balaban J connectivity index is 2.03. The van der Waals surface area contributed by atoms with Crippen molar-refractivity contribution in [2.24, 2.45) is 0 Å². The fourth-order valence-electron chi connectivity index (χ4n) is 3.40. The molecule has 0 saturated heterocycles. The van der Waals surface area contributed by atoms with Gasteiger partial charge in [0.2, 0.25) is 5.91 Å². The van der Waals surface area contributed by atoms with Crippen LogP contribution in [0.3, 0.4) is 0 Å². The van der Waals surface area contributed by atoms with E-state index >= 15 is 0 Å². The maximum Gasteiger partial charge on any atom is 0.336 e. The fraction of sp³-hybridized carbons (Fsp3) is 0.238. The molecule has 1 amide bonds. The number of carbonyl (C=O) groups is 2. The molecule has 0 spiro atoms. The quantitative estimate of drug-likeness (QED) is 0.765. The Bertz CT molecular complexity index is 923. The van der Waals surface area contributed by atoms with Crippen molar-refractivity contribution in [3.8, 4) is 0 Å². The van der Waals surface area contributed by atoms with Crippen molar-refractivity contribution >= 4 is 11.9 Å². The zero-order valence-electron chi connectivity index (χ0n) is 15.0. The number of hydrogen-bond acceptors (Lipinski definition) is 3. The van der Waals surface area contributed by atoms with E-state index in [2.05, 4.69) is 0 Å². The van der Waals surface area contributed by atoms with E-state index in [1.807, 2.05) is 0 Å². The second-order valence-corrected chi connectivity index (χ2v) is 6.41. The van der Waals surface area contributed by atoms with Crippen molar-refractivity contribution in [3.63, 3.8) is 0 Å². The molecular formula is C21H19F2NO3. The van der Waals surface area contributed by atoms with Crippen LogP contribution in [0.25, 0.3) is 0 Å². The van der Waals surface area contributed by atoms with E-state index in [1.54, 1.807) is 31.2 Å². The first-order chi connectivity index (χ1) is 12.9. The molecule has 1 heterocycles. The Kier molecular flexibility index (Phi) is 5.35. The van der Waals surface area contributed by atoms with Gasteiger partial charge in [-0.15, -0.1) is 0 Å². The lowest BCUT2D eigenvalue weighted by Gasteiger charge is -2.34. The highest BCUT2D eigenvalue weighted by molar-refractivity contribution is 5.95. The van der Waals surface area contributed by atoms with Crippen LogP contribution < -0.4 is 0 Å². The van der Waals surface area contributed by atoms with Gasteiger partial charge in [0.25, 0.3) is 0 Å². The third-order valence-electron chi connectivity index (χ3n) is 4.71. The van der Waals surface area contributed by atoms with Gasteiger partial charge in [0.05, 0.1) is 19.2 Å². The van der Waals surface area contributed by atoms with E-state index < -0.39 is 23.5 Å². The lowest BCUT2D eigenvalue weighted by Crippen LogP contribution is -2.38. The molecule has 0 aromatic heterocycles. The molecule has 0 fully saturated rings. The molecule has 0 N–H and O–H groups in total. The van der Waals surface area contributed by atoms with E-state index in [-0.39, 0.29) is 18.9 Å². The van der Waals surface area contributed by atoms with E-state index in [4.69, 9.17) is 4.74 Å². The average molecular weight is 371 g/mol. The van der Waals surface area contributed by atoms with Crippen LogP contribution in [0.2, 0.25) is 0 Å². The minimum atomic E-state index is -0.593. The summed E-state index contributed by atoms with van der Waals surface area (Å²) in [7, 11) is 1.26. The van der Waals surface area contributed by atoms with Crippen molar-refractivity contribution < 1.29 is 23.1 Å². The van der Waals surface area contributed by atoms with Crippen molar-refractivity contribution in [2.45, 2.75) is 25.8 Å². The molecule has 140 valence electrons. The normalized spacial score (nSPS) is 17.3. The Hall–Kier alpha value is -3.02. The second-order valence-electron chi connectivity index (χ2n) is 6.41. The SMILES string of the molecule is COC(=O)C1=C(C)N(Cc2cccc(F)c2)C(=O)C[C@@H]1c1cccc(F)c1. The number of ether oxygens (including phenoxy) is 1. The van der Waals surface area contributed by atoms with E-state index in [0.717, 1.165) is 0 Å². The first kappa shape index (κ1) is 18.8. The topological polar surface area (TPSA) is 46.6 Å². The Labute approximate surface area is 156 Å². The predicted molar refractivity (Wildman–Crippen MR) is 95.4 cm³/mol. The van der Waals surface area contributed by atoms with Gasteiger partial charge in [-0.2, -0.15) is 0 Å². The molecule has 0 saturated carbocycles. The third-order valence-corrected chi connectivity index (χ3v) is 4.71. The first-order valence-corrected chi connectivity index (χ1v) is 8.50. The van der Waals surface area contributed by atoms with Crippen LogP contribution in [0.5, 0.6) is 0 Å². The maximum atomic E-state index is 13.7. The summed E-state index contributed by atoms with van der Waals surface area (Å²) >= 11 is 0. The van der Waals surface area contributed by atoms with E-state index in [0.29, 0.717) is 22.4 Å². The number of allylic oxidation sites excluding steroid dienone is 1. The predicted octanol–water partition coefficient (Wildman–Crippen LogP) is 3.93. The number of methoxy groups -OCH3 is 1. The maximum absolute atomic E-state index is 13.7. The Morgan fingerprint density at radius 2 is 1.81 bits per heavy atom. The smallest absolute Gasteiger partial charge is 0.336 e. The molecule has 27 heavy (non-hydrogen) atoms. The molecule has 2 aromatic carbocycles. The largest absolute Gasteiger partial charge is 0.466 e. The monoisotopic (exact) mass is 371 g/mol. The molecule has 4 nitrogen and oxygen atoms in total. The summed E-state index contributed by atoms with van der Waals surface area (Å²) in [4.78, 5) is 26.6. The molecular weight excluding hydrogens is 352 g/mol. The molecule has 6 heteroatoms. The standard InChI is InChI=1S/C21H19F2NO3/c1-13-20(21(26)27-2)18(15-6-4-8-17(23)10-15)11-19(25)24(13)12-14-5-3-7-16(22)9-14/h3-10,18H,11-12H2,1-2H3/t18-/m1/s1. The minimum absolute atomic E-state index is 0.000538. The summed E-state index contributed by atoms with van der Waals surface area (Å²) in [5, 5.41) is 0. The highest BCUT2D eigenvalue weighted by Crippen LogP contribution is 2.37. The van der Waals surface area contributed by atoms with Gasteiger partial charge < -0.3 is 9.64 Å². The number of halogens is 2. The van der Waals surface area contributed by atoms with Crippen LogP contribution in [0.1, 0.15) is 30.4 Å². The molecule has 1 aliphatic heterocycles. The summed E-state index contributed by atoms with van der Waals surface area (Å²) in [6.45, 7) is 1.79. The number of rotatable bonds is 4.